The molecule has 1 fully saturated rings. The van der Waals surface area contributed by atoms with Crippen LogP contribution in [0.4, 0.5) is 19.0 Å². The van der Waals surface area contributed by atoms with Gasteiger partial charge in [-0.3, -0.25) is 0 Å². The van der Waals surface area contributed by atoms with E-state index in [-0.39, 0.29) is 5.56 Å². The fourth-order valence-electron chi connectivity index (χ4n) is 5.00. The van der Waals surface area contributed by atoms with Crippen LogP contribution in [-0.4, -0.2) is 34.8 Å². The molecule has 6 nitrogen and oxygen atoms in total. The lowest BCUT2D eigenvalue weighted by molar-refractivity contribution is 0.00402. The van der Waals surface area contributed by atoms with Gasteiger partial charge in [0.15, 0.2) is 0 Å². The summed E-state index contributed by atoms with van der Waals surface area (Å²) in [5, 5.41) is 18.7. The van der Waals surface area contributed by atoms with Gasteiger partial charge < -0.3 is 20.5 Å². The van der Waals surface area contributed by atoms with Crippen molar-refractivity contribution in [2.45, 2.75) is 51.2 Å². The van der Waals surface area contributed by atoms with Gasteiger partial charge in [0, 0.05) is 28.5 Å². The summed E-state index contributed by atoms with van der Waals surface area (Å²) < 4.78 is 47.2. The van der Waals surface area contributed by atoms with Crippen LogP contribution in [0.2, 0.25) is 0 Å². The van der Waals surface area contributed by atoms with E-state index in [9.17, 15) is 18.3 Å². The summed E-state index contributed by atoms with van der Waals surface area (Å²) in [6.07, 6.45) is -1.15. The average molecular weight is 473 g/mol. The van der Waals surface area contributed by atoms with Crippen molar-refractivity contribution in [2.24, 2.45) is 0 Å². The summed E-state index contributed by atoms with van der Waals surface area (Å²) in [7, 11) is 0. The number of alkyl halides is 2. The largest absolute Gasteiger partial charge is 0.492 e. The summed E-state index contributed by atoms with van der Waals surface area (Å²) in [5.41, 5.74) is 0.816. The molecule has 34 heavy (non-hydrogen) atoms. The second-order valence-corrected chi connectivity index (χ2v) is 9.04. The molecular weight excluding hydrogens is 445 g/mol. The minimum Gasteiger partial charge on any atom is -0.492 e. The van der Waals surface area contributed by atoms with Crippen LogP contribution < -0.4 is 15.4 Å². The Bertz CT molecular complexity index is 1240. The van der Waals surface area contributed by atoms with Crippen molar-refractivity contribution in [3.05, 3.63) is 58.2 Å². The highest BCUT2D eigenvalue weighted by molar-refractivity contribution is 5.94. The number of hydrogen-bond donors (Lipinski definition) is 3. The Morgan fingerprint density at radius 2 is 1.91 bits per heavy atom. The van der Waals surface area contributed by atoms with E-state index in [0.717, 1.165) is 17.1 Å². The van der Waals surface area contributed by atoms with Gasteiger partial charge in [0.25, 0.3) is 6.43 Å². The van der Waals surface area contributed by atoms with Crippen LogP contribution in [0, 0.1) is 12.7 Å². The molecule has 2 aromatic carbocycles. The molecule has 3 aromatic rings. The number of aryl methyl sites for hydroxylation is 1. The fourth-order valence-corrected chi connectivity index (χ4v) is 5.00. The van der Waals surface area contributed by atoms with E-state index in [0.29, 0.717) is 67.3 Å². The number of hydrogen-bond acceptors (Lipinski definition) is 6. The molecule has 3 heterocycles. The Morgan fingerprint density at radius 3 is 2.65 bits per heavy atom. The van der Waals surface area contributed by atoms with E-state index in [1.807, 2.05) is 6.07 Å². The fraction of sp³-hybridized carbons (Fsp3) is 0.440. The second-order valence-electron chi connectivity index (χ2n) is 9.04. The number of aromatic nitrogens is 2. The van der Waals surface area contributed by atoms with Crippen LogP contribution in [0.25, 0.3) is 10.9 Å². The van der Waals surface area contributed by atoms with E-state index < -0.39 is 29.4 Å². The van der Waals surface area contributed by atoms with Gasteiger partial charge in [-0.25, -0.2) is 23.1 Å². The average Bonchev–Trinajstić information content (AvgIpc) is 3.29. The predicted octanol–water partition coefficient (Wildman–Crippen LogP) is 4.69. The Balaban J connectivity index is 1.62. The Kier molecular flexibility index (Phi) is 5.85. The number of halogens is 3. The lowest BCUT2D eigenvalue weighted by Gasteiger charge is -2.34. The first-order valence-corrected chi connectivity index (χ1v) is 11.5. The number of nitrogens with one attached hydrogen (secondary N) is 2. The molecule has 0 unspecified atom stereocenters. The van der Waals surface area contributed by atoms with Crippen LogP contribution in [0.5, 0.6) is 5.75 Å². The number of piperidine rings is 1. The number of aliphatic hydroxyl groups is 1. The monoisotopic (exact) mass is 472 g/mol. The molecule has 2 aliphatic heterocycles. The summed E-state index contributed by atoms with van der Waals surface area (Å²) in [6, 6.07) is 5.24. The third-order valence-corrected chi connectivity index (χ3v) is 6.79. The number of benzene rings is 2. The first kappa shape index (κ1) is 22.9. The topological polar surface area (TPSA) is 79.3 Å². The van der Waals surface area contributed by atoms with Crippen LogP contribution in [0.15, 0.2) is 24.3 Å². The lowest BCUT2D eigenvalue weighted by Crippen LogP contribution is -2.39. The molecule has 2 aliphatic rings. The van der Waals surface area contributed by atoms with Gasteiger partial charge in [-0.1, -0.05) is 18.2 Å². The number of anilines is 1. The van der Waals surface area contributed by atoms with E-state index in [2.05, 4.69) is 20.6 Å². The van der Waals surface area contributed by atoms with Crippen LogP contribution in [0.3, 0.4) is 0 Å². The number of fused-ring (bicyclic) bond motifs is 3. The first-order valence-electron chi connectivity index (χ1n) is 11.5. The summed E-state index contributed by atoms with van der Waals surface area (Å²) >= 11 is 0. The standard InChI is InChI=1S/C25H27F3N4O2/c1-13(15-4-3-5-16(20(15)26)23(27)28)30-24-18-12-19(25(33)7-9-29-10-8-25)22-17(6-11-34-22)21(18)31-14(2)32-24/h3-5,12-13,23,29,33H,6-11H2,1-2H3,(H,30,31,32)/t13-/m1/s1. The Morgan fingerprint density at radius 1 is 1.18 bits per heavy atom. The summed E-state index contributed by atoms with van der Waals surface area (Å²) in [6.45, 7) is 5.35. The van der Waals surface area contributed by atoms with Gasteiger partial charge in [0.2, 0.25) is 0 Å². The lowest BCUT2D eigenvalue weighted by atomic mass is 9.82. The highest BCUT2D eigenvalue weighted by Crippen LogP contribution is 2.45. The third kappa shape index (κ3) is 3.86. The van der Waals surface area contributed by atoms with Crippen molar-refractivity contribution in [1.82, 2.24) is 15.3 Å². The molecule has 1 aromatic heterocycles. The SMILES string of the molecule is Cc1nc(N[C@H](C)c2cccc(C(F)F)c2F)c2cc(C3(O)CCNCC3)c3c(c2n1)CCO3. The zero-order valence-electron chi connectivity index (χ0n) is 19.1. The van der Waals surface area contributed by atoms with Gasteiger partial charge in [0.1, 0.15) is 23.2 Å². The van der Waals surface area contributed by atoms with Gasteiger partial charge in [0.05, 0.1) is 29.3 Å². The molecule has 1 saturated heterocycles. The molecule has 5 rings (SSSR count). The zero-order valence-corrected chi connectivity index (χ0v) is 19.1. The Hall–Kier alpha value is -2.91. The minimum absolute atomic E-state index is 0.129. The first-order chi connectivity index (χ1) is 16.3. The molecule has 0 spiro atoms. The molecule has 0 bridgehead atoms. The van der Waals surface area contributed by atoms with E-state index in [1.54, 1.807) is 13.8 Å². The smallest absolute Gasteiger partial charge is 0.266 e. The van der Waals surface area contributed by atoms with Crippen LogP contribution in [-0.2, 0) is 12.0 Å². The van der Waals surface area contributed by atoms with Crippen molar-refractivity contribution >= 4 is 16.7 Å². The van der Waals surface area contributed by atoms with Gasteiger partial charge in [-0.2, -0.15) is 0 Å². The number of nitrogens with zero attached hydrogens (tertiary/aromatic N) is 2. The number of rotatable bonds is 5. The van der Waals surface area contributed by atoms with Crippen LogP contribution >= 0.6 is 0 Å². The maximum atomic E-state index is 14.8. The predicted molar refractivity (Wildman–Crippen MR) is 123 cm³/mol. The molecular formula is C25H27F3N4O2. The van der Waals surface area contributed by atoms with Crippen molar-refractivity contribution in [1.29, 1.82) is 0 Å². The summed E-state index contributed by atoms with van der Waals surface area (Å²) in [4.78, 5) is 9.21. The van der Waals surface area contributed by atoms with Crippen molar-refractivity contribution in [3.8, 4) is 5.75 Å². The molecule has 0 amide bonds. The maximum absolute atomic E-state index is 14.8. The highest BCUT2D eigenvalue weighted by Gasteiger charge is 2.37. The molecule has 0 radical (unpaired) electrons. The Labute approximate surface area is 195 Å². The van der Waals surface area contributed by atoms with Gasteiger partial charge >= 0.3 is 0 Å². The second kappa shape index (κ2) is 8.70. The molecule has 1 atom stereocenters. The highest BCUT2D eigenvalue weighted by atomic mass is 19.3. The molecule has 0 aliphatic carbocycles. The maximum Gasteiger partial charge on any atom is 0.266 e. The van der Waals surface area contributed by atoms with Crippen LogP contribution in [0.1, 0.15) is 60.3 Å². The molecule has 180 valence electrons. The van der Waals surface area contributed by atoms with Crippen molar-refractivity contribution < 1.29 is 23.0 Å². The normalized spacial score (nSPS) is 18.1. The quantitative estimate of drug-likeness (QED) is 0.500. The number of ether oxygens (including phenoxy) is 1. The summed E-state index contributed by atoms with van der Waals surface area (Å²) in [5.74, 6) is 0.744. The van der Waals surface area contributed by atoms with Gasteiger partial charge in [-0.05, 0) is 45.8 Å². The van der Waals surface area contributed by atoms with Gasteiger partial charge in [-0.15, -0.1) is 0 Å². The third-order valence-electron chi connectivity index (χ3n) is 6.79. The molecule has 9 heteroatoms. The molecule has 0 saturated carbocycles. The van der Waals surface area contributed by atoms with E-state index >= 15 is 0 Å². The van der Waals surface area contributed by atoms with Crippen molar-refractivity contribution in [2.75, 3.05) is 25.0 Å². The zero-order chi connectivity index (χ0) is 24.0. The van der Waals surface area contributed by atoms with Crippen molar-refractivity contribution in [3.63, 3.8) is 0 Å². The van der Waals surface area contributed by atoms with E-state index in [1.165, 1.54) is 12.1 Å². The minimum atomic E-state index is -2.90. The van der Waals surface area contributed by atoms with E-state index in [4.69, 9.17) is 4.74 Å². The molecule has 3 N–H and O–H groups in total.